The average molecular weight is 300 g/mol. The van der Waals surface area contributed by atoms with Crippen LogP contribution in [0, 0.1) is 0 Å². The van der Waals surface area contributed by atoms with Gasteiger partial charge in [-0.3, -0.25) is 0 Å². The molecule has 0 radical (unpaired) electrons. The Morgan fingerprint density at radius 2 is 1.95 bits per heavy atom. The summed E-state index contributed by atoms with van der Waals surface area (Å²) in [6, 6.07) is 12.7. The third-order valence-corrected chi connectivity index (χ3v) is 3.05. The van der Waals surface area contributed by atoms with Crippen molar-refractivity contribution >= 4 is 18.8 Å². The average Bonchev–Trinajstić information content (AvgIpc) is 2.54. The quantitative estimate of drug-likeness (QED) is 0.307. The molecule has 0 fully saturated rings. The second kappa shape index (κ2) is 7.49. The minimum absolute atomic E-state index is 0.185. The van der Waals surface area contributed by atoms with E-state index in [0.717, 1.165) is 5.56 Å². The summed E-state index contributed by atoms with van der Waals surface area (Å²) in [6.45, 7) is 0.279. The van der Waals surface area contributed by atoms with Crippen LogP contribution in [0.5, 0.6) is 11.5 Å². The van der Waals surface area contributed by atoms with Gasteiger partial charge in [0.25, 0.3) is 0 Å². The number of hydrogen-bond acceptors (Lipinski definition) is 6. The number of benzene rings is 2. The first kappa shape index (κ1) is 15.9. The zero-order valence-corrected chi connectivity index (χ0v) is 12.1. The molecule has 0 heterocycles. The van der Waals surface area contributed by atoms with Crippen molar-refractivity contribution in [3.63, 3.8) is 0 Å². The fourth-order valence-electron chi connectivity index (χ4n) is 2.03. The van der Waals surface area contributed by atoms with Gasteiger partial charge in [-0.05, 0) is 23.3 Å². The van der Waals surface area contributed by atoms with Crippen molar-refractivity contribution in [3.05, 3.63) is 53.6 Å². The van der Waals surface area contributed by atoms with Crippen LogP contribution in [0.3, 0.4) is 0 Å². The summed E-state index contributed by atoms with van der Waals surface area (Å²) in [5, 5.41) is 22.5. The Bertz CT molecular complexity index is 647. The van der Waals surface area contributed by atoms with Gasteiger partial charge in [0.1, 0.15) is 6.61 Å². The van der Waals surface area contributed by atoms with Crippen LogP contribution >= 0.6 is 0 Å². The van der Waals surface area contributed by atoms with E-state index in [0.29, 0.717) is 11.3 Å². The van der Waals surface area contributed by atoms with Crippen molar-refractivity contribution in [2.24, 2.45) is 10.9 Å². The number of methoxy groups -OCH3 is 1. The summed E-state index contributed by atoms with van der Waals surface area (Å²) in [7, 11) is -0.229. The van der Waals surface area contributed by atoms with Gasteiger partial charge in [0.15, 0.2) is 11.5 Å². The fraction of sp³-hybridized carbons (Fsp3) is 0.133. The Labute approximate surface area is 128 Å². The zero-order valence-electron chi connectivity index (χ0n) is 12.1. The highest BCUT2D eigenvalue weighted by Gasteiger charge is 2.22. The predicted octanol–water partition coefficient (Wildman–Crippen LogP) is 0.247. The van der Waals surface area contributed by atoms with E-state index in [9.17, 15) is 10.0 Å². The van der Waals surface area contributed by atoms with Crippen molar-refractivity contribution in [1.82, 2.24) is 0 Å². The van der Waals surface area contributed by atoms with Gasteiger partial charge >= 0.3 is 7.12 Å². The van der Waals surface area contributed by atoms with Gasteiger partial charge in [-0.15, -0.1) is 0 Å². The van der Waals surface area contributed by atoms with Crippen molar-refractivity contribution in [2.45, 2.75) is 6.61 Å². The van der Waals surface area contributed by atoms with E-state index in [-0.39, 0.29) is 17.8 Å². The summed E-state index contributed by atoms with van der Waals surface area (Å²) < 4.78 is 11.0. The van der Waals surface area contributed by atoms with E-state index in [4.69, 9.17) is 15.3 Å². The first-order valence-electron chi connectivity index (χ1n) is 6.63. The highest BCUT2D eigenvalue weighted by molar-refractivity contribution is 6.60. The highest BCUT2D eigenvalue weighted by atomic mass is 16.5. The molecule has 0 amide bonds. The lowest BCUT2D eigenvalue weighted by molar-refractivity contribution is 0.285. The maximum atomic E-state index is 9.56. The Morgan fingerprint density at radius 1 is 1.23 bits per heavy atom. The maximum absolute atomic E-state index is 9.56. The molecule has 4 N–H and O–H groups in total. The standard InChI is InChI=1S/C15H17BN2O4/c1-21-14-8-12(9-18-17)7-13(16(19)20)15(14)22-10-11-5-3-2-4-6-11/h2-9,19-20H,10,17H2,1H3. The predicted molar refractivity (Wildman–Crippen MR) is 85.4 cm³/mol. The molecule has 22 heavy (non-hydrogen) atoms. The molecule has 2 aromatic carbocycles. The Morgan fingerprint density at radius 3 is 2.55 bits per heavy atom. The second-order valence-corrected chi connectivity index (χ2v) is 4.57. The molecular formula is C15H17BN2O4. The van der Waals surface area contributed by atoms with E-state index in [1.54, 1.807) is 6.07 Å². The normalized spacial score (nSPS) is 10.7. The smallest absolute Gasteiger partial charge is 0.492 e. The van der Waals surface area contributed by atoms with Crippen LogP contribution in [-0.2, 0) is 6.61 Å². The van der Waals surface area contributed by atoms with E-state index in [1.807, 2.05) is 30.3 Å². The molecule has 0 spiro atoms. The topological polar surface area (TPSA) is 97.3 Å². The third kappa shape index (κ3) is 3.78. The number of hydrogen-bond donors (Lipinski definition) is 3. The zero-order chi connectivity index (χ0) is 15.9. The van der Waals surface area contributed by atoms with Crippen molar-refractivity contribution in [2.75, 3.05) is 7.11 Å². The molecule has 0 aliphatic carbocycles. The lowest BCUT2D eigenvalue weighted by Crippen LogP contribution is -2.32. The SMILES string of the molecule is COc1cc(C=NN)cc(B(O)O)c1OCc1ccccc1. The lowest BCUT2D eigenvalue weighted by atomic mass is 9.78. The Kier molecular flexibility index (Phi) is 5.40. The van der Waals surface area contributed by atoms with Crippen molar-refractivity contribution in [1.29, 1.82) is 0 Å². The Balaban J connectivity index is 2.35. The summed E-state index contributed by atoms with van der Waals surface area (Å²) in [6.07, 6.45) is 1.38. The van der Waals surface area contributed by atoms with E-state index < -0.39 is 7.12 Å². The van der Waals surface area contributed by atoms with Gasteiger partial charge in [-0.25, -0.2) is 0 Å². The van der Waals surface area contributed by atoms with Crippen LogP contribution in [0.4, 0.5) is 0 Å². The number of hydrazone groups is 1. The highest BCUT2D eigenvalue weighted by Crippen LogP contribution is 2.27. The largest absolute Gasteiger partial charge is 0.493 e. The molecule has 0 saturated carbocycles. The van der Waals surface area contributed by atoms with Crippen LogP contribution in [0.1, 0.15) is 11.1 Å². The Hall–Kier alpha value is -2.51. The van der Waals surface area contributed by atoms with Gasteiger partial charge in [0, 0.05) is 5.46 Å². The molecular weight excluding hydrogens is 283 g/mol. The summed E-state index contributed by atoms with van der Waals surface area (Å²) in [5.41, 5.74) is 1.72. The number of nitrogens with two attached hydrogens (primary N) is 1. The van der Waals surface area contributed by atoms with Gasteiger partial charge < -0.3 is 25.4 Å². The van der Waals surface area contributed by atoms with E-state index >= 15 is 0 Å². The minimum Gasteiger partial charge on any atom is -0.493 e. The molecule has 114 valence electrons. The molecule has 0 saturated heterocycles. The molecule has 0 bridgehead atoms. The molecule has 0 unspecified atom stereocenters. The van der Waals surface area contributed by atoms with E-state index in [2.05, 4.69) is 5.10 Å². The first-order valence-corrected chi connectivity index (χ1v) is 6.63. The summed E-state index contributed by atoms with van der Waals surface area (Å²) >= 11 is 0. The lowest BCUT2D eigenvalue weighted by Gasteiger charge is -2.16. The van der Waals surface area contributed by atoms with Crippen LogP contribution in [0.15, 0.2) is 47.6 Å². The van der Waals surface area contributed by atoms with Gasteiger partial charge in [0.2, 0.25) is 0 Å². The minimum atomic E-state index is -1.70. The maximum Gasteiger partial charge on any atom is 0.492 e. The fourth-order valence-corrected chi connectivity index (χ4v) is 2.03. The molecule has 2 aromatic rings. The summed E-state index contributed by atoms with van der Waals surface area (Å²) in [5.74, 6) is 5.77. The van der Waals surface area contributed by atoms with Crippen molar-refractivity contribution < 1.29 is 19.5 Å². The van der Waals surface area contributed by atoms with Gasteiger partial charge in [-0.1, -0.05) is 30.3 Å². The van der Waals surface area contributed by atoms with Gasteiger partial charge in [0.05, 0.1) is 13.3 Å². The number of nitrogens with zero attached hydrogens (tertiary/aromatic N) is 1. The van der Waals surface area contributed by atoms with Crippen molar-refractivity contribution in [3.8, 4) is 11.5 Å². The molecule has 0 aromatic heterocycles. The third-order valence-electron chi connectivity index (χ3n) is 3.05. The molecule has 0 atom stereocenters. The van der Waals surface area contributed by atoms with Gasteiger partial charge in [-0.2, -0.15) is 5.10 Å². The molecule has 0 aliphatic rings. The molecule has 0 aliphatic heterocycles. The number of rotatable bonds is 6. The molecule has 6 nitrogen and oxygen atoms in total. The van der Waals surface area contributed by atoms with Crippen LogP contribution < -0.4 is 20.8 Å². The monoisotopic (exact) mass is 300 g/mol. The second-order valence-electron chi connectivity index (χ2n) is 4.57. The first-order chi connectivity index (χ1) is 10.7. The van der Waals surface area contributed by atoms with E-state index in [1.165, 1.54) is 19.4 Å². The van der Waals surface area contributed by atoms with Crippen LogP contribution in [0.2, 0.25) is 0 Å². The van der Waals surface area contributed by atoms with Crippen LogP contribution in [-0.4, -0.2) is 30.5 Å². The van der Waals surface area contributed by atoms with Crippen LogP contribution in [0.25, 0.3) is 0 Å². The number of ether oxygens (including phenoxy) is 2. The molecule has 7 heteroatoms. The summed E-state index contributed by atoms with van der Waals surface area (Å²) in [4.78, 5) is 0. The molecule has 2 rings (SSSR count).